The van der Waals surface area contributed by atoms with Crippen molar-refractivity contribution in [1.29, 1.82) is 0 Å². The van der Waals surface area contributed by atoms with E-state index in [1.165, 1.54) is 49.5 Å². The minimum Gasteiger partial charge on any atom is -0.255 e. The Morgan fingerprint density at radius 1 is 0.447 bits per heavy atom. The lowest BCUT2D eigenvalue weighted by molar-refractivity contribution is 0.661. The molecule has 222 valence electrons. The average Bonchev–Trinajstić information content (AvgIpc) is 3.38. The van der Waals surface area contributed by atoms with Crippen LogP contribution in [0.2, 0.25) is 0 Å². The molecule has 0 saturated carbocycles. The largest absolute Gasteiger partial charge is 0.255 e. The zero-order valence-electron chi connectivity index (χ0n) is 26.3. The predicted octanol–water partition coefficient (Wildman–Crippen LogP) is 11.2. The van der Waals surface area contributed by atoms with Gasteiger partial charge in [-0.05, 0) is 79.2 Å². The van der Waals surface area contributed by atoms with Gasteiger partial charge in [-0.15, -0.1) is 0 Å². The van der Waals surface area contributed by atoms with Gasteiger partial charge in [-0.2, -0.15) is 0 Å². The number of fused-ring (bicyclic) bond motifs is 6. The number of rotatable bonds is 4. The van der Waals surface area contributed by atoms with E-state index in [0.29, 0.717) is 5.82 Å². The number of aromatic nitrogens is 3. The van der Waals surface area contributed by atoms with Crippen molar-refractivity contribution in [3.63, 3.8) is 0 Å². The molecule has 0 fully saturated rings. The lowest BCUT2D eigenvalue weighted by Crippen LogP contribution is -2.14. The Balaban J connectivity index is 1.29. The Labute approximate surface area is 274 Å². The van der Waals surface area contributed by atoms with Gasteiger partial charge >= 0.3 is 0 Å². The summed E-state index contributed by atoms with van der Waals surface area (Å²) in [5.74, 6) is 0.686. The maximum absolute atomic E-state index is 5.15. The monoisotopic (exact) mass is 601 g/mol. The molecule has 0 amide bonds. The smallest absolute Gasteiger partial charge is 0.161 e. The van der Waals surface area contributed by atoms with Crippen molar-refractivity contribution >= 4 is 21.5 Å². The molecule has 0 radical (unpaired) electrons. The molecular weight excluding hydrogens is 571 g/mol. The number of nitrogens with zero attached hydrogens (tertiary/aromatic N) is 3. The molecule has 0 unspecified atom stereocenters. The molecule has 6 aromatic carbocycles. The molecule has 0 aliphatic heterocycles. The van der Waals surface area contributed by atoms with Crippen molar-refractivity contribution in [2.75, 3.05) is 0 Å². The Hall–Kier alpha value is -5.93. The molecule has 0 saturated heterocycles. The van der Waals surface area contributed by atoms with Crippen LogP contribution in [-0.2, 0) is 5.41 Å². The van der Waals surface area contributed by atoms with Gasteiger partial charge in [0.1, 0.15) is 0 Å². The van der Waals surface area contributed by atoms with E-state index in [1.54, 1.807) is 0 Å². The average molecular weight is 602 g/mol. The SMILES string of the molecule is CC1(C)c2cccc(-c3ccc(-c4nc(-c5ccccc5)cc(-c5ccccn5)n4)c4ccccc34)c2-c2c1ccc1ccccc21. The van der Waals surface area contributed by atoms with Gasteiger partial charge in [-0.3, -0.25) is 4.98 Å². The summed E-state index contributed by atoms with van der Waals surface area (Å²) in [5, 5.41) is 4.87. The van der Waals surface area contributed by atoms with E-state index >= 15 is 0 Å². The summed E-state index contributed by atoms with van der Waals surface area (Å²) in [7, 11) is 0. The molecule has 2 heterocycles. The van der Waals surface area contributed by atoms with Crippen LogP contribution in [-0.4, -0.2) is 15.0 Å². The molecule has 9 rings (SSSR count). The van der Waals surface area contributed by atoms with E-state index in [2.05, 4.69) is 122 Å². The zero-order valence-corrected chi connectivity index (χ0v) is 26.3. The van der Waals surface area contributed by atoms with Crippen LogP contribution in [0.5, 0.6) is 0 Å². The predicted molar refractivity (Wildman–Crippen MR) is 194 cm³/mol. The van der Waals surface area contributed by atoms with Crippen LogP contribution in [0.15, 0.2) is 152 Å². The maximum atomic E-state index is 5.15. The first kappa shape index (κ1) is 27.4. The third-order valence-corrected chi connectivity index (χ3v) is 9.77. The van der Waals surface area contributed by atoms with E-state index in [4.69, 9.17) is 9.97 Å². The second-order valence-corrected chi connectivity index (χ2v) is 12.8. The first-order chi connectivity index (χ1) is 23.1. The van der Waals surface area contributed by atoms with Crippen LogP contribution in [0.3, 0.4) is 0 Å². The second kappa shape index (κ2) is 10.6. The Bertz CT molecular complexity index is 2420. The summed E-state index contributed by atoms with van der Waals surface area (Å²) in [4.78, 5) is 14.9. The fourth-order valence-electron chi connectivity index (χ4n) is 7.47. The molecule has 0 spiro atoms. The van der Waals surface area contributed by atoms with Crippen molar-refractivity contribution in [2.45, 2.75) is 19.3 Å². The van der Waals surface area contributed by atoms with Crippen LogP contribution in [0.25, 0.3) is 77.8 Å². The van der Waals surface area contributed by atoms with E-state index in [0.717, 1.165) is 33.6 Å². The molecule has 0 atom stereocenters. The summed E-state index contributed by atoms with van der Waals surface area (Å²) in [5.41, 5.74) is 12.3. The molecule has 1 aliphatic rings. The summed E-state index contributed by atoms with van der Waals surface area (Å²) in [6.45, 7) is 4.71. The van der Waals surface area contributed by atoms with Crippen molar-refractivity contribution in [2.24, 2.45) is 0 Å². The van der Waals surface area contributed by atoms with Crippen molar-refractivity contribution in [3.05, 3.63) is 163 Å². The third-order valence-electron chi connectivity index (χ3n) is 9.77. The Morgan fingerprint density at radius 2 is 1.13 bits per heavy atom. The quantitative estimate of drug-likeness (QED) is 0.201. The normalized spacial score (nSPS) is 13.1. The number of pyridine rings is 1. The highest BCUT2D eigenvalue weighted by Crippen LogP contribution is 2.55. The summed E-state index contributed by atoms with van der Waals surface area (Å²) >= 11 is 0. The van der Waals surface area contributed by atoms with Crippen LogP contribution < -0.4 is 0 Å². The van der Waals surface area contributed by atoms with Crippen LogP contribution >= 0.6 is 0 Å². The lowest BCUT2D eigenvalue weighted by atomic mass is 9.81. The van der Waals surface area contributed by atoms with Crippen molar-refractivity contribution < 1.29 is 0 Å². The maximum Gasteiger partial charge on any atom is 0.161 e. The van der Waals surface area contributed by atoms with Gasteiger partial charge in [0, 0.05) is 22.7 Å². The molecular formula is C44H31N3. The van der Waals surface area contributed by atoms with Gasteiger partial charge in [0.15, 0.2) is 5.82 Å². The van der Waals surface area contributed by atoms with Gasteiger partial charge < -0.3 is 0 Å². The van der Waals surface area contributed by atoms with E-state index < -0.39 is 0 Å². The van der Waals surface area contributed by atoms with Crippen LogP contribution in [0.4, 0.5) is 0 Å². The van der Waals surface area contributed by atoms with Gasteiger partial charge in [-0.25, -0.2) is 9.97 Å². The molecule has 0 bridgehead atoms. The zero-order chi connectivity index (χ0) is 31.5. The lowest BCUT2D eigenvalue weighted by Gasteiger charge is -2.22. The Morgan fingerprint density at radius 3 is 1.94 bits per heavy atom. The van der Waals surface area contributed by atoms with E-state index in [-0.39, 0.29) is 5.41 Å². The highest BCUT2D eigenvalue weighted by molar-refractivity contribution is 6.11. The molecule has 47 heavy (non-hydrogen) atoms. The van der Waals surface area contributed by atoms with Crippen molar-refractivity contribution in [3.8, 4) is 56.3 Å². The molecule has 3 nitrogen and oxygen atoms in total. The topological polar surface area (TPSA) is 38.7 Å². The molecule has 3 heteroatoms. The minimum atomic E-state index is -0.103. The highest BCUT2D eigenvalue weighted by atomic mass is 14.9. The number of hydrogen-bond donors (Lipinski definition) is 0. The van der Waals surface area contributed by atoms with Crippen LogP contribution in [0, 0.1) is 0 Å². The fourth-order valence-corrected chi connectivity index (χ4v) is 7.47. The minimum absolute atomic E-state index is 0.103. The van der Waals surface area contributed by atoms with Gasteiger partial charge in [0.25, 0.3) is 0 Å². The van der Waals surface area contributed by atoms with Gasteiger partial charge in [-0.1, -0.05) is 135 Å². The first-order valence-electron chi connectivity index (χ1n) is 16.1. The first-order valence-corrected chi connectivity index (χ1v) is 16.1. The van der Waals surface area contributed by atoms with Crippen molar-refractivity contribution in [1.82, 2.24) is 15.0 Å². The van der Waals surface area contributed by atoms with E-state index in [1.807, 2.05) is 48.7 Å². The summed E-state index contributed by atoms with van der Waals surface area (Å²) in [6.07, 6.45) is 1.81. The molecule has 1 aliphatic carbocycles. The van der Waals surface area contributed by atoms with Gasteiger partial charge in [0.05, 0.1) is 17.1 Å². The Kier molecular flexibility index (Phi) is 6.16. The second-order valence-electron chi connectivity index (χ2n) is 12.8. The fraction of sp³-hybridized carbons (Fsp3) is 0.0682. The van der Waals surface area contributed by atoms with Gasteiger partial charge in [0.2, 0.25) is 0 Å². The van der Waals surface area contributed by atoms with Crippen LogP contribution in [0.1, 0.15) is 25.0 Å². The summed E-state index contributed by atoms with van der Waals surface area (Å²) < 4.78 is 0. The number of benzene rings is 6. The standard InChI is InChI=1S/C44H31N3/c1-44(2)36-20-12-19-34(42(36)41-30-16-7-6-13-28(30)22-25-37(41)44)33-23-24-35(32-18-9-8-17-31(32)33)43-46-39(29-14-4-3-5-15-29)27-40(47-43)38-21-10-11-26-45-38/h3-27H,1-2H3. The highest BCUT2D eigenvalue weighted by Gasteiger charge is 2.38. The summed E-state index contributed by atoms with van der Waals surface area (Å²) in [6, 6.07) is 51.6. The number of hydrogen-bond acceptors (Lipinski definition) is 3. The third kappa shape index (κ3) is 4.31. The van der Waals surface area contributed by atoms with E-state index in [9.17, 15) is 0 Å². The molecule has 2 aromatic heterocycles. The molecule has 8 aromatic rings. The molecule has 0 N–H and O–H groups in total.